The van der Waals surface area contributed by atoms with Gasteiger partial charge in [-0.05, 0) is 26.0 Å². The number of hydrogen-bond donors (Lipinski definition) is 0. The van der Waals surface area contributed by atoms with E-state index in [-0.39, 0.29) is 11.1 Å². The van der Waals surface area contributed by atoms with Gasteiger partial charge in [-0.1, -0.05) is 6.07 Å². The van der Waals surface area contributed by atoms with E-state index in [1.165, 1.54) is 4.40 Å². The Balaban J connectivity index is 2.80. The van der Waals surface area contributed by atoms with Gasteiger partial charge in [0.1, 0.15) is 17.0 Å². The highest BCUT2D eigenvalue weighted by Gasteiger charge is 2.15. The topological polar surface area (TPSA) is 54.7 Å². The molecule has 0 atom stereocenters. The van der Waals surface area contributed by atoms with Gasteiger partial charge in [0.25, 0.3) is 5.56 Å². The summed E-state index contributed by atoms with van der Waals surface area (Å²) in [6.07, 6.45) is 2.20. The van der Waals surface area contributed by atoms with Crippen LogP contribution in [0.2, 0.25) is 0 Å². The molecule has 5 nitrogen and oxygen atoms in total. The highest BCUT2D eigenvalue weighted by molar-refractivity contribution is 5.83. The first-order valence-electron chi connectivity index (χ1n) is 5.94. The summed E-state index contributed by atoms with van der Waals surface area (Å²) >= 11 is 0. The van der Waals surface area contributed by atoms with Crippen LogP contribution in [0.15, 0.2) is 29.2 Å². The molecule has 0 saturated carbocycles. The Labute approximate surface area is 105 Å². The zero-order chi connectivity index (χ0) is 13.1. The van der Waals surface area contributed by atoms with Gasteiger partial charge in [0, 0.05) is 19.3 Å². The van der Waals surface area contributed by atoms with Crippen molar-refractivity contribution in [1.82, 2.24) is 9.38 Å². The van der Waals surface area contributed by atoms with Crippen LogP contribution >= 0.6 is 0 Å². The van der Waals surface area contributed by atoms with Crippen molar-refractivity contribution in [2.75, 3.05) is 18.0 Å². The average Bonchev–Trinajstić information content (AvgIpc) is 2.41. The Morgan fingerprint density at radius 2 is 2.06 bits per heavy atom. The molecule has 0 aliphatic rings. The van der Waals surface area contributed by atoms with Crippen molar-refractivity contribution in [1.29, 1.82) is 0 Å². The molecule has 0 N–H and O–H groups in total. The van der Waals surface area contributed by atoms with Crippen molar-refractivity contribution < 1.29 is 4.79 Å². The van der Waals surface area contributed by atoms with Crippen LogP contribution in [0.4, 0.5) is 5.82 Å². The molecule has 5 heteroatoms. The molecule has 0 spiro atoms. The van der Waals surface area contributed by atoms with E-state index in [1.54, 1.807) is 18.3 Å². The number of rotatable bonds is 4. The van der Waals surface area contributed by atoms with Gasteiger partial charge in [-0.25, -0.2) is 4.98 Å². The number of carbonyl (C=O) groups excluding carboxylic acids is 1. The molecule has 2 rings (SSSR count). The molecule has 0 aliphatic carbocycles. The molecule has 0 fully saturated rings. The van der Waals surface area contributed by atoms with Crippen LogP contribution in [0.1, 0.15) is 24.2 Å². The lowest BCUT2D eigenvalue weighted by Crippen LogP contribution is -2.30. The Kier molecular flexibility index (Phi) is 3.41. The molecule has 0 radical (unpaired) electrons. The van der Waals surface area contributed by atoms with E-state index in [1.807, 2.05) is 24.8 Å². The molecular formula is C13H15N3O2. The zero-order valence-corrected chi connectivity index (χ0v) is 10.5. The molecule has 0 saturated heterocycles. The number of carbonyl (C=O) groups is 1. The highest BCUT2D eigenvalue weighted by atomic mass is 16.1. The third-order valence-corrected chi connectivity index (χ3v) is 2.93. The summed E-state index contributed by atoms with van der Waals surface area (Å²) in [5.41, 5.74) is 0.343. The van der Waals surface area contributed by atoms with Gasteiger partial charge in [-0.15, -0.1) is 0 Å². The van der Waals surface area contributed by atoms with Gasteiger partial charge >= 0.3 is 0 Å². The van der Waals surface area contributed by atoms with Crippen LogP contribution in [0, 0.1) is 0 Å². The Morgan fingerprint density at radius 3 is 2.67 bits per heavy atom. The number of pyridine rings is 1. The summed E-state index contributed by atoms with van der Waals surface area (Å²) in [6.45, 7) is 5.33. The average molecular weight is 245 g/mol. The number of aldehydes is 1. The maximum Gasteiger partial charge on any atom is 0.270 e. The Bertz CT molecular complexity index is 630. The molecule has 2 aromatic heterocycles. The van der Waals surface area contributed by atoms with E-state index >= 15 is 0 Å². The highest BCUT2D eigenvalue weighted by Crippen LogP contribution is 2.14. The van der Waals surface area contributed by atoms with Crippen molar-refractivity contribution in [3.05, 3.63) is 40.3 Å². The van der Waals surface area contributed by atoms with Crippen LogP contribution in [-0.4, -0.2) is 28.8 Å². The van der Waals surface area contributed by atoms with Crippen LogP contribution in [-0.2, 0) is 0 Å². The smallest absolute Gasteiger partial charge is 0.270 e. The lowest BCUT2D eigenvalue weighted by Gasteiger charge is -2.21. The van der Waals surface area contributed by atoms with Gasteiger partial charge in [-0.3, -0.25) is 14.0 Å². The van der Waals surface area contributed by atoms with Crippen LogP contribution in [0.25, 0.3) is 5.65 Å². The summed E-state index contributed by atoms with van der Waals surface area (Å²) in [7, 11) is 0. The van der Waals surface area contributed by atoms with E-state index < -0.39 is 0 Å². The lowest BCUT2D eigenvalue weighted by atomic mass is 10.3. The van der Waals surface area contributed by atoms with E-state index in [0.29, 0.717) is 30.8 Å². The summed E-state index contributed by atoms with van der Waals surface area (Å²) in [6, 6.07) is 5.30. The van der Waals surface area contributed by atoms with Gasteiger partial charge in [-0.2, -0.15) is 0 Å². The fraction of sp³-hybridized carbons (Fsp3) is 0.308. The van der Waals surface area contributed by atoms with E-state index in [0.717, 1.165) is 0 Å². The minimum Gasteiger partial charge on any atom is -0.356 e. The quantitative estimate of drug-likeness (QED) is 0.763. The van der Waals surface area contributed by atoms with Gasteiger partial charge < -0.3 is 4.90 Å². The first-order valence-corrected chi connectivity index (χ1v) is 5.94. The van der Waals surface area contributed by atoms with Gasteiger partial charge in [0.05, 0.1) is 0 Å². The zero-order valence-electron chi connectivity index (χ0n) is 10.5. The molecular weight excluding hydrogens is 230 g/mol. The predicted molar refractivity (Wildman–Crippen MR) is 70.4 cm³/mol. The van der Waals surface area contributed by atoms with Crippen LogP contribution < -0.4 is 10.5 Å². The van der Waals surface area contributed by atoms with Crippen molar-refractivity contribution in [2.45, 2.75) is 13.8 Å². The molecule has 0 bridgehead atoms. The number of hydrogen-bond acceptors (Lipinski definition) is 4. The predicted octanol–water partition coefficient (Wildman–Crippen LogP) is 1.35. The van der Waals surface area contributed by atoms with E-state index in [2.05, 4.69) is 4.98 Å². The molecule has 2 aromatic rings. The third kappa shape index (κ3) is 1.88. The van der Waals surface area contributed by atoms with Crippen LogP contribution in [0.5, 0.6) is 0 Å². The fourth-order valence-electron chi connectivity index (χ4n) is 1.96. The first kappa shape index (κ1) is 12.3. The lowest BCUT2D eigenvalue weighted by molar-refractivity contribution is 0.112. The molecule has 0 unspecified atom stereocenters. The number of aromatic nitrogens is 2. The maximum atomic E-state index is 12.2. The van der Waals surface area contributed by atoms with Crippen molar-refractivity contribution >= 4 is 17.8 Å². The summed E-state index contributed by atoms with van der Waals surface area (Å²) in [4.78, 5) is 29.6. The molecule has 94 valence electrons. The second kappa shape index (κ2) is 5.00. The van der Waals surface area contributed by atoms with Crippen molar-refractivity contribution in [3.63, 3.8) is 0 Å². The molecule has 0 aliphatic heterocycles. The molecule has 18 heavy (non-hydrogen) atoms. The number of nitrogens with zero attached hydrogens (tertiary/aromatic N) is 3. The second-order valence-electron chi connectivity index (χ2n) is 3.87. The monoisotopic (exact) mass is 245 g/mol. The summed E-state index contributed by atoms with van der Waals surface area (Å²) < 4.78 is 1.39. The number of anilines is 1. The fourth-order valence-corrected chi connectivity index (χ4v) is 1.96. The largest absolute Gasteiger partial charge is 0.356 e. The second-order valence-corrected chi connectivity index (χ2v) is 3.87. The van der Waals surface area contributed by atoms with Gasteiger partial charge in [0.2, 0.25) is 0 Å². The van der Waals surface area contributed by atoms with Crippen molar-refractivity contribution in [3.8, 4) is 0 Å². The number of fused-ring (bicyclic) bond motifs is 1. The Morgan fingerprint density at radius 1 is 1.33 bits per heavy atom. The van der Waals surface area contributed by atoms with Crippen LogP contribution in [0.3, 0.4) is 0 Å². The molecule has 0 aromatic carbocycles. The summed E-state index contributed by atoms with van der Waals surface area (Å²) in [5, 5.41) is 0. The third-order valence-electron chi connectivity index (χ3n) is 2.93. The Hall–Kier alpha value is -2.17. The first-order chi connectivity index (χ1) is 8.72. The molecule has 0 amide bonds. The van der Waals surface area contributed by atoms with E-state index in [4.69, 9.17) is 0 Å². The normalized spacial score (nSPS) is 10.6. The minimum absolute atomic E-state index is 0.113. The molecule has 2 heterocycles. The SMILES string of the molecule is CCN(CC)c1nc2ccccn2c(=O)c1C=O. The van der Waals surface area contributed by atoms with Crippen molar-refractivity contribution in [2.24, 2.45) is 0 Å². The standard InChI is InChI=1S/C13H15N3O2/c1-3-15(4-2)12-10(9-17)13(18)16-8-6-5-7-11(16)14-12/h5-9H,3-4H2,1-2H3. The van der Waals surface area contributed by atoms with E-state index in [9.17, 15) is 9.59 Å². The van der Waals surface area contributed by atoms with Gasteiger partial charge in [0.15, 0.2) is 6.29 Å². The maximum absolute atomic E-state index is 12.2. The minimum atomic E-state index is -0.322. The summed E-state index contributed by atoms with van der Waals surface area (Å²) in [5.74, 6) is 0.464.